The van der Waals surface area contributed by atoms with Gasteiger partial charge in [-0.05, 0) is 47.8 Å². The van der Waals surface area contributed by atoms with E-state index < -0.39 is 5.91 Å². The number of carbonyl (C=O) groups excluding carboxylic acids is 2. The Balaban J connectivity index is 1.53. The van der Waals surface area contributed by atoms with Gasteiger partial charge < -0.3 is 15.1 Å². The molecule has 0 radical (unpaired) electrons. The molecular weight excluding hydrogens is 471 g/mol. The van der Waals surface area contributed by atoms with Gasteiger partial charge in [-0.1, -0.05) is 0 Å². The molecule has 4 rings (SSSR count). The van der Waals surface area contributed by atoms with E-state index >= 15 is 0 Å². The first-order chi connectivity index (χ1) is 13.5. The van der Waals surface area contributed by atoms with Crippen molar-refractivity contribution in [3.05, 3.63) is 51.5 Å². The number of rotatable bonds is 3. The molecule has 1 saturated heterocycles. The van der Waals surface area contributed by atoms with Crippen LogP contribution in [-0.2, 0) is 4.79 Å². The number of nitrogens with zero attached hydrogens (tertiary/aromatic N) is 4. The molecule has 0 saturated carbocycles. The molecule has 0 bridgehead atoms. The molecular formula is C19H19IN6O2. The molecule has 2 aliphatic rings. The minimum absolute atomic E-state index is 0.384. The standard InChI is InChI=1S/C19H19IN6O2/c1-25-4-6-26(7-5-25)17-11-22-16(10-23-17)21-9-15-14-8-12(20)2-3-13(14)18(27)24-19(15)28/h2-3,8-11H,4-7H2,1H3,(H,21,22)(H,24,27,28). The molecule has 9 heteroatoms. The lowest BCUT2D eigenvalue weighted by Gasteiger charge is -2.32. The second kappa shape index (κ2) is 7.84. The van der Waals surface area contributed by atoms with E-state index in [1.165, 1.54) is 0 Å². The molecule has 2 aliphatic heterocycles. The molecule has 28 heavy (non-hydrogen) atoms. The van der Waals surface area contributed by atoms with E-state index in [1.54, 1.807) is 24.7 Å². The van der Waals surface area contributed by atoms with Crippen molar-refractivity contribution in [2.75, 3.05) is 43.4 Å². The van der Waals surface area contributed by atoms with Gasteiger partial charge in [-0.3, -0.25) is 14.9 Å². The van der Waals surface area contributed by atoms with Crippen molar-refractivity contribution < 1.29 is 9.59 Å². The number of halogens is 1. The van der Waals surface area contributed by atoms with Gasteiger partial charge in [0.2, 0.25) is 0 Å². The number of carbonyl (C=O) groups is 2. The minimum Gasteiger partial charge on any atom is -0.353 e. The molecule has 0 unspecified atom stereocenters. The maximum absolute atomic E-state index is 12.3. The second-order valence-electron chi connectivity index (χ2n) is 6.73. The molecule has 8 nitrogen and oxygen atoms in total. The van der Waals surface area contributed by atoms with Gasteiger partial charge in [-0.25, -0.2) is 9.97 Å². The van der Waals surface area contributed by atoms with Crippen molar-refractivity contribution >= 4 is 51.6 Å². The van der Waals surface area contributed by atoms with Gasteiger partial charge in [0.15, 0.2) is 0 Å². The number of hydrogen-bond acceptors (Lipinski definition) is 7. The van der Waals surface area contributed by atoms with E-state index in [0.717, 1.165) is 35.6 Å². The minimum atomic E-state index is -0.436. The molecule has 144 valence electrons. The highest BCUT2D eigenvalue weighted by molar-refractivity contribution is 14.1. The third-order valence-electron chi connectivity index (χ3n) is 4.82. The van der Waals surface area contributed by atoms with Crippen molar-refractivity contribution in [2.45, 2.75) is 0 Å². The molecule has 0 spiro atoms. The zero-order valence-electron chi connectivity index (χ0n) is 15.3. The highest BCUT2D eigenvalue weighted by Crippen LogP contribution is 2.26. The van der Waals surface area contributed by atoms with Crippen LogP contribution in [0.5, 0.6) is 0 Å². The predicted octanol–water partition coefficient (Wildman–Crippen LogP) is 1.56. The Labute approximate surface area is 176 Å². The first kappa shape index (κ1) is 18.8. The summed E-state index contributed by atoms with van der Waals surface area (Å²) in [7, 11) is 2.11. The van der Waals surface area contributed by atoms with Crippen LogP contribution in [0.3, 0.4) is 0 Å². The number of amides is 2. The van der Waals surface area contributed by atoms with Gasteiger partial charge in [0.25, 0.3) is 11.8 Å². The van der Waals surface area contributed by atoms with E-state index in [-0.39, 0.29) is 5.91 Å². The summed E-state index contributed by atoms with van der Waals surface area (Å²) in [5.41, 5.74) is 1.47. The highest BCUT2D eigenvalue weighted by Gasteiger charge is 2.27. The van der Waals surface area contributed by atoms with E-state index in [0.29, 0.717) is 22.5 Å². The number of piperazine rings is 1. The molecule has 1 aromatic heterocycles. The smallest absolute Gasteiger partial charge is 0.260 e. The topological polar surface area (TPSA) is 90.5 Å². The highest BCUT2D eigenvalue weighted by atomic mass is 127. The Morgan fingerprint density at radius 2 is 1.86 bits per heavy atom. The molecule has 1 fully saturated rings. The zero-order chi connectivity index (χ0) is 19.7. The van der Waals surface area contributed by atoms with E-state index in [9.17, 15) is 9.59 Å². The molecule has 0 aliphatic carbocycles. The number of imide groups is 1. The van der Waals surface area contributed by atoms with Gasteiger partial charge in [0.05, 0.1) is 18.0 Å². The van der Waals surface area contributed by atoms with E-state index in [1.807, 2.05) is 12.1 Å². The van der Waals surface area contributed by atoms with E-state index in [4.69, 9.17) is 0 Å². The Morgan fingerprint density at radius 1 is 1.07 bits per heavy atom. The Morgan fingerprint density at radius 3 is 2.57 bits per heavy atom. The summed E-state index contributed by atoms with van der Waals surface area (Å²) in [6.07, 6.45) is 4.94. The summed E-state index contributed by atoms with van der Waals surface area (Å²) < 4.78 is 0.945. The van der Waals surface area contributed by atoms with Gasteiger partial charge in [0.1, 0.15) is 11.6 Å². The van der Waals surface area contributed by atoms with Crippen molar-refractivity contribution in [2.24, 2.45) is 0 Å². The maximum atomic E-state index is 12.3. The van der Waals surface area contributed by atoms with Crippen LogP contribution in [-0.4, -0.2) is 59.9 Å². The largest absolute Gasteiger partial charge is 0.353 e. The Hall–Kier alpha value is -2.53. The monoisotopic (exact) mass is 490 g/mol. The van der Waals surface area contributed by atoms with Crippen LogP contribution >= 0.6 is 22.6 Å². The lowest BCUT2D eigenvalue weighted by atomic mass is 9.96. The average Bonchev–Trinajstić information content (AvgIpc) is 2.68. The number of likely N-dealkylation sites (N-methyl/N-ethyl adjacent to an activating group) is 1. The van der Waals surface area contributed by atoms with Crippen LogP contribution in [0.2, 0.25) is 0 Å². The lowest BCUT2D eigenvalue weighted by Crippen LogP contribution is -2.44. The van der Waals surface area contributed by atoms with Gasteiger partial charge in [-0.2, -0.15) is 0 Å². The molecule has 2 amide bonds. The molecule has 1 aromatic carbocycles. The number of nitrogens with one attached hydrogen (secondary N) is 2. The third-order valence-corrected chi connectivity index (χ3v) is 5.49. The van der Waals surface area contributed by atoms with Gasteiger partial charge in [0, 0.05) is 47.1 Å². The molecule has 3 heterocycles. The normalized spacial score (nSPS) is 18.8. The predicted molar refractivity (Wildman–Crippen MR) is 115 cm³/mol. The van der Waals surface area contributed by atoms with E-state index in [2.05, 4.69) is 60.0 Å². The van der Waals surface area contributed by atoms with Crippen molar-refractivity contribution in [3.8, 4) is 0 Å². The fourth-order valence-electron chi connectivity index (χ4n) is 3.18. The summed E-state index contributed by atoms with van der Waals surface area (Å²) in [6, 6.07) is 5.38. The summed E-state index contributed by atoms with van der Waals surface area (Å²) in [6.45, 7) is 3.84. The van der Waals surface area contributed by atoms with Crippen molar-refractivity contribution in [3.63, 3.8) is 0 Å². The number of fused-ring (bicyclic) bond motifs is 1. The van der Waals surface area contributed by atoms with Crippen LogP contribution in [0.25, 0.3) is 5.57 Å². The number of benzene rings is 1. The van der Waals surface area contributed by atoms with Crippen LogP contribution in [0.4, 0.5) is 11.6 Å². The molecule has 0 atom stereocenters. The number of hydrogen-bond donors (Lipinski definition) is 2. The number of anilines is 2. The summed E-state index contributed by atoms with van der Waals surface area (Å²) in [5.74, 6) is 0.549. The van der Waals surface area contributed by atoms with Crippen molar-refractivity contribution in [1.82, 2.24) is 20.2 Å². The average molecular weight is 490 g/mol. The van der Waals surface area contributed by atoms with Crippen LogP contribution in [0, 0.1) is 3.57 Å². The Bertz CT molecular complexity index is 951. The molecule has 2 N–H and O–H groups in total. The Kier molecular flexibility index (Phi) is 5.27. The second-order valence-corrected chi connectivity index (χ2v) is 7.97. The summed E-state index contributed by atoms with van der Waals surface area (Å²) in [5, 5.41) is 5.38. The van der Waals surface area contributed by atoms with Crippen LogP contribution < -0.4 is 15.5 Å². The van der Waals surface area contributed by atoms with Crippen molar-refractivity contribution in [1.29, 1.82) is 0 Å². The SMILES string of the molecule is CN1CCN(c2cnc(NC=C3C(=O)NC(=O)c4ccc(I)cc43)cn2)CC1. The van der Waals surface area contributed by atoms with Crippen LogP contribution in [0.15, 0.2) is 36.8 Å². The lowest BCUT2D eigenvalue weighted by molar-refractivity contribution is -0.114. The fraction of sp³-hybridized carbons (Fsp3) is 0.263. The first-order valence-electron chi connectivity index (χ1n) is 8.89. The number of aromatic nitrogens is 2. The summed E-state index contributed by atoms with van der Waals surface area (Å²) >= 11 is 2.16. The van der Waals surface area contributed by atoms with Gasteiger partial charge in [-0.15, -0.1) is 0 Å². The van der Waals surface area contributed by atoms with Gasteiger partial charge >= 0.3 is 0 Å². The quantitative estimate of drug-likeness (QED) is 0.384. The summed E-state index contributed by atoms with van der Waals surface area (Å²) in [4.78, 5) is 37.7. The maximum Gasteiger partial charge on any atom is 0.260 e. The molecule has 2 aromatic rings. The first-order valence-corrected chi connectivity index (χ1v) is 9.97. The third kappa shape index (κ3) is 3.85. The fourth-order valence-corrected chi connectivity index (χ4v) is 3.67. The van der Waals surface area contributed by atoms with Crippen LogP contribution in [0.1, 0.15) is 15.9 Å². The zero-order valence-corrected chi connectivity index (χ0v) is 17.4.